The normalized spacial score (nSPS) is 12.8. The Bertz CT molecular complexity index is 331. The number of halogens is 2. The van der Waals surface area contributed by atoms with Crippen molar-refractivity contribution in [2.45, 2.75) is 25.9 Å². The predicted molar refractivity (Wildman–Crippen MR) is 65.7 cm³/mol. The number of nitrogens with one attached hydrogen (secondary N) is 1. The van der Waals surface area contributed by atoms with Gasteiger partial charge in [-0.15, -0.1) is 0 Å². The maximum atomic E-state index is 13.3. The minimum Gasteiger partial charge on any atom is -0.309 e. The molecular weight excluding hydrogens is 228 g/mol. The molecule has 1 aromatic carbocycles. The Labute approximate surface area is 99.6 Å². The van der Waals surface area contributed by atoms with Crippen LogP contribution in [0.4, 0.5) is 8.78 Å². The molecule has 0 aliphatic rings. The third kappa shape index (κ3) is 4.10. The van der Waals surface area contributed by atoms with Crippen LogP contribution in [0.15, 0.2) is 18.2 Å². The van der Waals surface area contributed by atoms with Crippen molar-refractivity contribution in [3.63, 3.8) is 0 Å². The molecule has 1 N–H and O–H groups in total. The second-order valence-corrected chi connectivity index (χ2v) is 4.59. The maximum Gasteiger partial charge on any atom is 0.127 e. The molecule has 1 atom stereocenters. The summed E-state index contributed by atoms with van der Waals surface area (Å²) in [6.45, 7) is 2.46. The fourth-order valence-corrected chi connectivity index (χ4v) is 2.21. The lowest BCUT2D eigenvalue weighted by atomic mass is 10.2. The minimum absolute atomic E-state index is 0.345. The van der Waals surface area contributed by atoms with Crippen molar-refractivity contribution < 1.29 is 8.78 Å². The zero-order chi connectivity index (χ0) is 12.0. The molecule has 90 valence electrons. The van der Waals surface area contributed by atoms with Gasteiger partial charge in [-0.25, -0.2) is 8.78 Å². The number of thioether (sulfide) groups is 1. The van der Waals surface area contributed by atoms with E-state index < -0.39 is 5.82 Å². The van der Waals surface area contributed by atoms with Gasteiger partial charge in [0, 0.05) is 23.9 Å². The van der Waals surface area contributed by atoms with E-state index in [1.807, 2.05) is 6.26 Å². The lowest BCUT2D eigenvalue weighted by molar-refractivity contribution is 0.517. The molecule has 0 spiro atoms. The molecule has 0 aromatic heterocycles. The Morgan fingerprint density at radius 2 is 2.12 bits per heavy atom. The summed E-state index contributed by atoms with van der Waals surface area (Å²) in [7, 11) is 0. The van der Waals surface area contributed by atoms with E-state index in [2.05, 4.69) is 12.2 Å². The lowest BCUT2D eigenvalue weighted by Gasteiger charge is -2.15. The van der Waals surface area contributed by atoms with Crippen LogP contribution in [-0.2, 0) is 6.54 Å². The number of hydrogen-bond acceptors (Lipinski definition) is 2. The Morgan fingerprint density at radius 3 is 2.75 bits per heavy atom. The van der Waals surface area contributed by atoms with Crippen LogP contribution in [0.1, 0.15) is 18.9 Å². The van der Waals surface area contributed by atoms with E-state index >= 15 is 0 Å². The van der Waals surface area contributed by atoms with Gasteiger partial charge in [-0.2, -0.15) is 11.8 Å². The fourth-order valence-electron chi connectivity index (χ4n) is 1.46. The third-order valence-corrected chi connectivity index (χ3v) is 3.19. The number of hydrogen-bond donors (Lipinski definition) is 1. The van der Waals surface area contributed by atoms with Gasteiger partial charge in [0.15, 0.2) is 0 Å². The molecule has 0 amide bonds. The summed E-state index contributed by atoms with van der Waals surface area (Å²) in [5.74, 6) is 0.233. The molecule has 16 heavy (non-hydrogen) atoms. The van der Waals surface area contributed by atoms with Gasteiger partial charge in [-0.05, 0) is 30.9 Å². The zero-order valence-corrected chi connectivity index (χ0v) is 10.4. The largest absolute Gasteiger partial charge is 0.309 e. The van der Waals surface area contributed by atoms with Crippen molar-refractivity contribution in [2.75, 3.05) is 12.0 Å². The molecule has 1 unspecified atom stereocenters. The Balaban J connectivity index is 2.55. The van der Waals surface area contributed by atoms with Crippen molar-refractivity contribution in [3.8, 4) is 0 Å². The van der Waals surface area contributed by atoms with Gasteiger partial charge in [0.25, 0.3) is 0 Å². The van der Waals surface area contributed by atoms with E-state index in [4.69, 9.17) is 0 Å². The molecule has 0 aliphatic heterocycles. The van der Waals surface area contributed by atoms with Crippen molar-refractivity contribution in [1.82, 2.24) is 5.32 Å². The second kappa shape index (κ2) is 6.86. The second-order valence-electron chi connectivity index (χ2n) is 3.68. The molecule has 0 radical (unpaired) electrons. The van der Waals surface area contributed by atoms with E-state index in [0.29, 0.717) is 18.2 Å². The van der Waals surface area contributed by atoms with E-state index in [1.165, 1.54) is 12.1 Å². The maximum absolute atomic E-state index is 13.3. The van der Waals surface area contributed by atoms with Crippen LogP contribution in [0.2, 0.25) is 0 Å². The fraction of sp³-hybridized carbons (Fsp3) is 0.500. The van der Waals surface area contributed by atoms with Crippen molar-refractivity contribution >= 4 is 11.8 Å². The van der Waals surface area contributed by atoms with E-state index in [-0.39, 0.29) is 5.82 Å². The molecule has 0 bridgehead atoms. The molecule has 1 rings (SSSR count). The van der Waals surface area contributed by atoms with Gasteiger partial charge >= 0.3 is 0 Å². The quantitative estimate of drug-likeness (QED) is 0.826. The Morgan fingerprint density at radius 1 is 1.38 bits per heavy atom. The topological polar surface area (TPSA) is 12.0 Å². The lowest BCUT2D eigenvalue weighted by Crippen LogP contribution is -2.30. The molecule has 0 fully saturated rings. The van der Waals surface area contributed by atoms with Crippen LogP contribution in [0.3, 0.4) is 0 Å². The third-order valence-electron chi connectivity index (χ3n) is 2.45. The van der Waals surface area contributed by atoms with Crippen LogP contribution < -0.4 is 5.32 Å². The highest BCUT2D eigenvalue weighted by Crippen LogP contribution is 2.10. The van der Waals surface area contributed by atoms with Crippen LogP contribution in [-0.4, -0.2) is 18.1 Å². The van der Waals surface area contributed by atoms with Crippen molar-refractivity contribution in [1.29, 1.82) is 0 Å². The van der Waals surface area contributed by atoms with Crippen LogP contribution >= 0.6 is 11.8 Å². The summed E-state index contributed by atoms with van der Waals surface area (Å²) in [5, 5.41) is 3.23. The first kappa shape index (κ1) is 13.5. The summed E-state index contributed by atoms with van der Waals surface area (Å²) < 4.78 is 26.2. The minimum atomic E-state index is -0.392. The molecule has 0 saturated heterocycles. The van der Waals surface area contributed by atoms with Gasteiger partial charge < -0.3 is 5.32 Å². The average molecular weight is 245 g/mol. The Kier molecular flexibility index (Phi) is 5.77. The first-order valence-electron chi connectivity index (χ1n) is 5.33. The summed E-state index contributed by atoms with van der Waals surface area (Å²) in [6, 6.07) is 3.89. The monoisotopic (exact) mass is 245 g/mol. The Hall–Kier alpha value is -0.610. The van der Waals surface area contributed by atoms with Gasteiger partial charge in [0.1, 0.15) is 11.6 Å². The smallest absolute Gasteiger partial charge is 0.127 e. The van der Waals surface area contributed by atoms with Gasteiger partial charge in [-0.1, -0.05) is 6.92 Å². The molecule has 0 aliphatic carbocycles. The van der Waals surface area contributed by atoms with E-state index in [0.717, 1.165) is 18.2 Å². The van der Waals surface area contributed by atoms with Gasteiger partial charge in [-0.3, -0.25) is 0 Å². The molecule has 4 heteroatoms. The average Bonchev–Trinajstić information content (AvgIpc) is 2.28. The van der Waals surface area contributed by atoms with E-state index in [1.54, 1.807) is 11.8 Å². The summed E-state index contributed by atoms with van der Waals surface area (Å²) in [5.41, 5.74) is 0.388. The molecular formula is C12H17F2NS. The first-order chi connectivity index (χ1) is 7.67. The van der Waals surface area contributed by atoms with Crippen LogP contribution in [0.5, 0.6) is 0 Å². The van der Waals surface area contributed by atoms with Crippen molar-refractivity contribution in [3.05, 3.63) is 35.4 Å². The predicted octanol–water partition coefficient (Wildman–Crippen LogP) is 3.20. The van der Waals surface area contributed by atoms with Gasteiger partial charge in [0.2, 0.25) is 0 Å². The number of benzene rings is 1. The highest BCUT2D eigenvalue weighted by atomic mass is 32.2. The van der Waals surface area contributed by atoms with E-state index in [9.17, 15) is 8.78 Å². The molecule has 1 aromatic rings. The SMILES string of the molecule is CCC(CSC)NCc1cc(F)ccc1F. The standard InChI is InChI=1S/C12H17F2NS/c1-3-11(8-16-2)15-7-9-6-10(13)4-5-12(9)14/h4-6,11,15H,3,7-8H2,1-2H3. The summed E-state index contributed by atoms with van der Waals surface area (Å²) in [6.07, 6.45) is 3.02. The summed E-state index contributed by atoms with van der Waals surface area (Å²) in [4.78, 5) is 0. The highest BCUT2D eigenvalue weighted by Gasteiger charge is 2.07. The molecule has 0 heterocycles. The molecule has 0 saturated carbocycles. The number of rotatable bonds is 6. The van der Waals surface area contributed by atoms with Crippen molar-refractivity contribution in [2.24, 2.45) is 0 Å². The zero-order valence-electron chi connectivity index (χ0n) is 9.59. The molecule has 1 nitrogen and oxygen atoms in total. The van der Waals surface area contributed by atoms with Gasteiger partial charge in [0.05, 0.1) is 0 Å². The first-order valence-corrected chi connectivity index (χ1v) is 6.73. The van der Waals surface area contributed by atoms with Crippen LogP contribution in [0.25, 0.3) is 0 Å². The van der Waals surface area contributed by atoms with Crippen LogP contribution in [0, 0.1) is 11.6 Å². The highest BCUT2D eigenvalue weighted by molar-refractivity contribution is 7.98. The summed E-state index contributed by atoms with van der Waals surface area (Å²) >= 11 is 1.75.